The minimum Gasteiger partial charge on any atom is -0.493 e. The zero-order valence-corrected chi connectivity index (χ0v) is 16.9. The quantitative estimate of drug-likeness (QED) is 0.425. The number of benzene rings is 3. The number of hydrogen-bond donors (Lipinski definition) is 1. The fourth-order valence-corrected chi connectivity index (χ4v) is 2.60. The van der Waals surface area contributed by atoms with Crippen molar-refractivity contribution < 1.29 is 19.0 Å². The van der Waals surface area contributed by atoms with Crippen LogP contribution in [0.2, 0.25) is 0 Å². The molecule has 0 radical (unpaired) electrons. The van der Waals surface area contributed by atoms with Crippen LogP contribution in [0.4, 0.5) is 0 Å². The van der Waals surface area contributed by atoms with Crippen LogP contribution in [-0.4, -0.2) is 25.8 Å². The average molecular weight is 415 g/mol. The van der Waals surface area contributed by atoms with Crippen LogP contribution >= 0.6 is 0 Å². The van der Waals surface area contributed by atoms with Crippen molar-refractivity contribution >= 4 is 12.1 Å². The molecule has 31 heavy (non-hydrogen) atoms. The van der Waals surface area contributed by atoms with Crippen LogP contribution in [0.5, 0.6) is 17.2 Å². The average Bonchev–Trinajstić information content (AvgIpc) is 2.82. The number of rotatable bonds is 9. The van der Waals surface area contributed by atoms with Crippen LogP contribution in [0.15, 0.2) is 77.9 Å². The van der Waals surface area contributed by atoms with E-state index in [9.17, 15) is 4.79 Å². The number of methoxy groups -OCH3 is 1. The third-order valence-electron chi connectivity index (χ3n) is 4.18. The van der Waals surface area contributed by atoms with Gasteiger partial charge in [-0.2, -0.15) is 10.4 Å². The Labute approximate surface area is 180 Å². The molecule has 0 aromatic heterocycles. The van der Waals surface area contributed by atoms with Gasteiger partial charge in [-0.3, -0.25) is 4.79 Å². The molecule has 0 fully saturated rings. The molecule has 156 valence electrons. The van der Waals surface area contributed by atoms with Gasteiger partial charge in [0.25, 0.3) is 5.91 Å². The predicted molar refractivity (Wildman–Crippen MR) is 116 cm³/mol. The van der Waals surface area contributed by atoms with Gasteiger partial charge in [-0.05, 0) is 53.6 Å². The molecular formula is C24H21N3O4. The van der Waals surface area contributed by atoms with Crippen LogP contribution in [0.1, 0.15) is 16.7 Å². The summed E-state index contributed by atoms with van der Waals surface area (Å²) < 4.78 is 16.6. The molecule has 0 aliphatic carbocycles. The van der Waals surface area contributed by atoms with E-state index in [0.717, 1.165) is 11.1 Å². The first-order valence-corrected chi connectivity index (χ1v) is 9.47. The molecule has 1 amide bonds. The van der Waals surface area contributed by atoms with E-state index in [2.05, 4.69) is 10.5 Å². The molecular weight excluding hydrogens is 394 g/mol. The molecule has 0 aliphatic rings. The van der Waals surface area contributed by atoms with Gasteiger partial charge in [0.1, 0.15) is 12.4 Å². The predicted octanol–water partition coefficient (Wildman–Crippen LogP) is 3.67. The monoisotopic (exact) mass is 415 g/mol. The maximum atomic E-state index is 11.9. The molecule has 0 spiro atoms. The molecule has 0 atom stereocenters. The van der Waals surface area contributed by atoms with E-state index in [0.29, 0.717) is 29.4 Å². The molecule has 7 nitrogen and oxygen atoms in total. The normalized spacial score (nSPS) is 10.3. The summed E-state index contributed by atoms with van der Waals surface area (Å²) in [6, 6.07) is 23.7. The lowest BCUT2D eigenvalue weighted by molar-refractivity contribution is -0.123. The first-order valence-electron chi connectivity index (χ1n) is 9.47. The second kappa shape index (κ2) is 11.0. The Bertz CT molecular complexity index is 1070. The second-order valence-corrected chi connectivity index (χ2v) is 6.40. The van der Waals surface area contributed by atoms with Crippen molar-refractivity contribution in [3.63, 3.8) is 0 Å². The summed E-state index contributed by atoms with van der Waals surface area (Å²) in [6.45, 7) is 0.235. The number of amides is 1. The van der Waals surface area contributed by atoms with Crippen molar-refractivity contribution in [2.75, 3.05) is 13.7 Å². The van der Waals surface area contributed by atoms with Gasteiger partial charge in [-0.25, -0.2) is 5.43 Å². The van der Waals surface area contributed by atoms with E-state index >= 15 is 0 Å². The Morgan fingerprint density at radius 3 is 2.52 bits per heavy atom. The summed E-state index contributed by atoms with van der Waals surface area (Å²) >= 11 is 0. The Morgan fingerprint density at radius 2 is 1.81 bits per heavy atom. The molecule has 0 aliphatic heterocycles. The third-order valence-corrected chi connectivity index (χ3v) is 4.18. The summed E-state index contributed by atoms with van der Waals surface area (Å²) in [7, 11) is 1.56. The lowest BCUT2D eigenvalue weighted by atomic mass is 10.2. The lowest BCUT2D eigenvalue weighted by Gasteiger charge is -2.11. The Balaban J connectivity index is 1.50. The van der Waals surface area contributed by atoms with Gasteiger partial charge in [0, 0.05) is 0 Å². The summed E-state index contributed by atoms with van der Waals surface area (Å²) in [5.74, 6) is 1.27. The second-order valence-electron chi connectivity index (χ2n) is 6.40. The van der Waals surface area contributed by atoms with Crippen molar-refractivity contribution in [2.45, 2.75) is 6.61 Å². The van der Waals surface area contributed by atoms with E-state index < -0.39 is 5.91 Å². The van der Waals surface area contributed by atoms with E-state index in [1.165, 1.54) is 6.21 Å². The number of ether oxygens (including phenoxy) is 3. The zero-order chi connectivity index (χ0) is 21.9. The van der Waals surface area contributed by atoms with Crippen LogP contribution in [0, 0.1) is 11.3 Å². The van der Waals surface area contributed by atoms with Crippen molar-refractivity contribution in [1.82, 2.24) is 5.43 Å². The smallest absolute Gasteiger partial charge is 0.277 e. The maximum absolute atomic E-state index is 11.9. The topological polar surface area (TPSA) is 92.9 Å². The van der Waals surface area contributed by atoms with Crippen LogP contribution in [0.25, 0.3) is 0 Å². The highest BCUT2D eigenvalue weighted by Crippen LogP contribution is 2.28. The largest absolute Gasteiger partial charge is 0.493 e. The molecule has 0 saturated carbocycles. The third kappa shape index (κ3) is 6.61. The first-order chi connectivity index (χ1) is 15.2. The van der Waals surface area contributed by atoms with Crippen molar-refractivity contribution in [3.8, 4) is 23.3 Å². The molecule has 0 saturated heterocycles. The molecule has 3 rings (SSSR count). The molecule has 7 heteroatoms. The van der Waals surface area contributed by atoms with Gasteiger partial charge in [0.15, 0.2) is 18.1 Å². The number of carbonyl (C=O) groups excluding carboxylic acids is 1. The number of carbonyl (C=O) groups is 1. The SMILES string of the molecule is COc1cc(/C=N\NC(=O)COc2ccc(C#N)cc2)ccc1OCc1ccccc1. The van der Waals surface area contributed by atoms with E-state index in [4.69, 9.17) is 19.5 Å². The molecule has 0 heterocycles. The van der Waals surface area contributed by atoms with Gasteiger partial charge in [0.2, 0.25) is 0 Å². The molecule has 0 bridgehead atoms. The summed E-state index contributed by atoms with van der Waals surface area (Å²) in [6.07, 6.45) is 1.50. The van der Waals surface area contributed by atoms with Crippen LogP contribution < -0.4 is 19.6 Å². The van der Waals surface area contributed by atoms with Gasteiger partial charge in [0.05, 0.1) is 25.0 Å². The fourth-order valence-electron chi connectivity index (χ4n) is 2.60. The Kier molecular flexibility index (Phi) is 7.61. The number of hydrogen-bond acceptors (Lipinski definition) is 6. The minimum atomic E-state index is -0.407. The maximum Gasteiger partial charge on any atom is 0.277 e. The van der Waals surface area contributed by atoms with Crippen molar-refractivity contribution in [3.05, 3.63) is 89.5 Å². The van der Waals surface area contributed by atoms with E-state index in [1.54, 1.807) is 43.5 Å². The summed E-state index contributed by atoms with van der Waals surface area (Å²) in [5.41, 5.74) is 4.72. The number of nitriles is 1. The lowest BCUT2D eigenvalue weighted by Crippen LogP contribution is -2.24. The molecule has 3 aromatic rings. The van der Waals surface area contributed by atoms with Gasteiger partial charge >= 0.3 is 0 Å². The van der Waals surface area contributed by atoms with Gasteiger partial charge < -0.3 is 14.2 Å². The standard InChI is InChI=1S/C24H21N3O4/c1-29-23-13-20(9-12-22(23)31-16-19-5-3-2-4-6-19)15-26-27-24(28)17-30-21-10-7-18(14-25)8-11-21/h2-13,15H,16-17H2,1H3,(H,27,28)/b26-15-. The van der Waals surface area contributed by atoms with Crippen molar-refractivity contribution in [2.24, 2.45) is 5.10 Å². The van der Waals surface area contributed by atoms with Crippen LogP contribution in [0.3, 0.4) is 0 Å². The van der Waals surface area contributed by atoms with Gasteiger partial charge in [-0.15, -0.1) is 0 Å². The van der Waals surface area contributed by atoms with Crippen LogP contribution in [-0.2, 0) is 11.4 Å². The first kappa shape index (κ1) is 21.4. The molecule has 3 aromatic carbocycles. The zero-order valence-electron chi connectivity index (χ0n) is 16.9. The van der Waals surface area contributed by atoms with E-state index in [-0.39, 0.29) is 6.61 Å². The molecule has 1 N–H and O–H groups in total. The highest BCUT2D eigenvalue weighted by Gasteiger charge is 2.06. The Morgan fingerprint density at radius 1 is 1.03 bits per heavy atom. The number of nitrogens with zero attached hydrogens (tertiary/aromatic N) is 2. The Hall–Kier alpha value is -4.31. The van der Waals surface area contributed by atoms with E-state index in [1.807, 2.05) is 42.5 Å². The van der Waals surface area contributed by atoms with Gasteiger partial charge in [-0.1, -0.05) is 30.3 Å². The highest BCUT2D eigenvalue weighted by atomic mass is 16.5. The summed E-state index contributed by atoms with van der Waals surface area (Å²) in [4.78, 5) is 11.9. The summed E-state index contributed by atoms with van der Waals surface area (Å²) in [5, 5.41) is 12.7. The number of hydrazone groups is 1. The molecule has 0 unspecified atom stereocenters. The fraction of sp³-hybridized carbons (Fsp3) is 0.125. The van der Waals surface area contributed by atoms with Crippen molar-refractivity contribution in [1.29, 1.82) is 5.26 Å². The number of nitrogens with one attached hydrogen (secondary N) is 1. The highest BCUT2D eigenvalue weighted by molar-refractivity contribution is 5.83. The minimum absolute atomic E-state index is 0.196.